The van der Waals surface area contributed by atoms with Gasteiger partial charge in [-0.25, -0.2) is 4.98 Å². The first kappa shape index (κ1) is 15.1. The van der Waals surface area contributed by atoms with Gasteiger partial charge in [0, 0.05) is 28.4 Å². The molecule has 1 heterocycles. The maximum atomic E-state index is 12.3. The van der Waals surface area contributed by atoms with Gasteiger partial charge in [0.25, 0.3) is 11.6 Å². The minimum absolute atomic E-state index is 0.119. The minimum atomic E-state index is -0.528. The summed E-state index contributed by atoms with van der Waals surface area (Å²) < 4.78 is 0.810. The number of non-ortho nitro benzene ring substituents is 1. The van der Waals surface area contributed by atoms with Crippen LogP contribution in [-0.4, -0.2) is 15.8 Å². The third kappa shape index (κ3) is 3.43. The number of amides is 1. The number of nitrogens with one attached hydrogen (secondary N) is 1. The van der Waals surface area contributed by atoms with Crippen LogP contribution in [0.1, 0.15) is 21.5 Å². The summed E-state index contributed by atoms with van der Waals surface area (Å²) in [7, 11) is 0. The monoisotopic (exact) mass is 349 g/mol. The molecule has 0 unspecified atom stereocenters. The third-order valence-electron chi connectivity index (χ3n) is 2.95. The number of hydrogen-bond donors (Lipinski definition) is 1. The normalized spacial score (nSPS) is 10.2. The van der Waals surface area contributed by atoms with Crippen LogP contribution in [0.25, 0.3) is 0 Å². The van der Waals surface area contributed by atoms with E-state index in [9.17, 15) is 14.9 Å². The lowest BCUT2D eigenvalue weighted by Gasteiger charge is -2.09. The molecule has 7 heteroatoms. The van der Waals surface area contributed by atoms with Crippen molar-refractivity contribution < 1.29 is 9.72 Å². The lowest BCUT2D eigenvalue weighted by molar-refractivity contribution is -0.384. The fraction of sp³-hybridized carbons (Fsp3) is 0.143. The SMILES string of the molecule is Cc1ccc([N+](=O)[O-])cc1C(=O)Nc1ncc(Br)cc1C. The van der Waals surface area contributed by atoms with E-state index in [1.165, 1.54) is 12.1 Å². The molecule has 108 valence electrons. The number of hydrogen-bond acceptors (Lipinski definition) is 4. The average Bonchev–Trinajstić information content (AvgIpc) is 2.42. The lowest BCUT2D eigenvalue weighted by Crippen LogP contribution is -2.15. The molecule has 1 amide bonds. The number of aryl methyl sites for hydroxylation is 2. The van der Waals surface area contributed by atoms with Crippen LogP contribution in [0.5, 0.6) is 0 Å². The number of carbonyl (C=O) groups excluding carboxylic acids is 1. The van der Waals surface area contributed by atoms with Crippen molar-refractivity contribution >= 4 is 33.3 Å². The van der Waals surface area contributed by atoms with Crippen molar-refractivity contribution in [2.45, 2.75) is 13.8 Å². The van der Waals surface area contributed by atoms with Crippen LogP contribution in [-0.2, 0) is 0 Å². The van der Waals surface area contributed by atoms with E-state index >= 15 is 0 Å². The topological polar surface area (TPSA) is 85.1 Å². The molecule has 0 saturated heterocycles. The number of rotatable bonds is 3. The maximum Gasteiger partial charge on any atom is 0.270 e. The summed E-state index contributed by atoms with van der Waals surface area (Å²) in [4.78, 5) is 26.6. The van der Waals surface area contributed by atoms with Crippen LogP contribution in [0.4, 0.5) is 11.5 Å². The molecule has 1 N–H and O–H groups in total. The molecule has 0 aliphatic rings. The zero-order valence-electron chi connectivity index (χ0n) is 11.4. The molecule has 2 rings (SSSR count). The second-order valence-electron chi connectivity index (χ2n) is 4.53. The van der Waals surface area contributed by atoms with Crippen molar-refractivity contribution in [2.75, 3.05) is 5.32 Å². The van der Waals surface area contributed by atoms with E-state index in [2.05, 4.69) is 26.2 Å². The van der Waals surface area contributed by atoms with Gasteiger partial charge >= 0.3 is 0 Å². The Morgan fingerprint density at radius 3 is 2.62 bits per heavy atom. The van der Waals surface area contributed by atoms with Gasteiger partial charge in [-0.15, -0.1) is 0 Å². The number of carbonyl (C=O) groups is 1. The van der Waals surface area contributed by atoms with Crippen molar-refractivity contribution in [1.29, 1.82) is 0 Å². The number of nitro benzene ring substituents is 1. The molecular weight excluding hydrogens is 338 g/mol. The van der Waals surface area contributed by atoms with Crippen LogP contribution in [0.3, 0.4) is 0 Å². The van der Waals surface area contributed by atoms with Gasteiger partial charge in [0.15, 0.2) is 0 Å². The molecule has 0 atom stereocenters. The highest BCUT2D eigenvalue weighted by atomic mass is 79.9. The van der Waals surface area contributed by atoms with E-state index in [-0.39, 0.29) is 11.3 Å². The van der Waals surface area contributed by atoms with E-state index in [0.717, 1.165) is 10.0 Å². The van der Waals surface area contributed by atoms with Crippen molar-refractivity contribution in [1.82, 2.24) is 4.98 Å². The molecule has 0 spiro atoms. The summed E-state index contributed by atoms with van der Waals surface area (Å²) in [6.45, 7) is 3.54. The Bertz CT molecular complexity index is 731. The summed E-state index contributed by atoms with van der Waals surface area (Å²) in [6.07, 6.45) is 1.57. The highest BCUT2D eigenvalue weighted by molar-refractivity contribution is 9.10. The minimum Gasteiger partial charge on any atom is -0.306 e. The summed E-state index contributed by atoms with van der Waals surface area (Å²) in [6, 6.07) is 6.01. The van der Waals surface area contributed by atoms with Gasteiger partial charge in [-0.2, -0.15) is 0 Å². The van der Waals surface area contributed by atoms with Gasteiger partial charge in [0.05, 0.1) is 4.92 Å². The van der Waals surface area contributed by atoms with Gasteiger partial charge in [0.1, 0.15) is 5.82 Å². The summed E-state index contributed by atoms with van der Waals surface area (Å²) in [5.74, 6) is 0.00299. The molecule has 0 radical (unpaired) electrons. The molecule has 0 saturated carbocycles. The first-order chi connectivity index (χ1) is 9.88. The molecule has 6 nitrogen and oxygen atoms in total. The van der Waals surface area contributed by atoms with E-state index < -0.39 is 10.8 Å². The number of benzene rings is 1. The number of nitrogens with zero attached hydrogens (tertiary/aromatic N) is 2. The molecule has 0 aliphatic heterocycles. The fourth-order valence-electron chi connectivity index (χ4n) is 1.81. The molecule has 2 aromatic rings. The fourth-order valence-corrected chi connectivity index (χ4v) is 2.26. The van der Waals surface area contributed by atoms with E-state index in [4.69, 9.17) is 0 Å². The Morgan fingerprint density at radius 2 is 2.00 bits per heavy atom. The van der Waals surface area contributed by atoms with Gasteiger partial charge in [-0.1, -0.05) is 6.07 Å². The largest absolute Gasteiger partial charge is 0.306 e. The number of aromatic nitrogens is 1. The van der Waals surface area contributed by atoms with Gasteiger partial charge in [0.2, 0.25) is 0 Å². The molecular formula is C14H12BrN3O3. The Labute approximate surface area is 129 Å². The molecule has 1 aromatic heterocycles. The predicted octanol–water partition coefficient (Wildman–Crippen LogP) is 3.62. The summed E-state index contributed by atoms with van der Waals surface area (Å²) >= 11 is 3.29. The van der Waals surface area contributed by atoms with Crippen molar-refractivity contribution in [2.24, 2.45) is 0 Å². The second-order valence-corrected chi connectivity index (χ2v) is 5.45. The second kappa shape index (κ2) is 6.01. The highest BCUT2D eigenvalue weighted by Crippen LogP contribution is 2.21. The number of anilines is 1. The van der Waals surface area contributed by atoms with Gasteiger partial charge in [-0.3, -0.25) is 14.9 Å². The average molecular weight is 350 g/mol. The zero-order valence-corrected chi connectivity index (χ0v) is 13.0. The van der Waals surface area contributed by atoms with Gasteiger partial charge in [-0.05, 0) is 47.0 Å². The Morgan fingerprint density at radius 1 is 1.29 bits per heavy atom. The van der Waals surface area contributed by atoms with E-state index in [0.29, 0.717) is 11.4 Å². The zero-order chi connectivity index (χ0) is 15.6. The first-order valence-corrected chi connectivity index (χ1v) is 6.86. The van der Waals surface area contributed by atoms with Gasteiger partial charge < -0.3 is 5.32 Å². The van der Waals surface area contributed by atoms with E-state index in [1.807, 2.05) is 13.0 Å². The van der Waals surface area contributed by atoms with Crippen LogP contribution in [0.15, 0.2) is 34.9 Å². The van der Waals surface area contributed by atoms with E-state index in [1.54, 1.807) is 19.2 Å². The molecule has 0 fully saturated rings. The van der Waals surface area contributed by atoms with Crippen LogP contribution in [0, 0.1) is 24.0 Å². The number of pyridine rings is 1. The predicted molar refractivity (Wildman–Crippen MR) is 82.5 cm³/mol. The number of halogens is 1. The molecule has 0 bridgehead atoms. The third-order valence-corrected chi connectivity index (χ3v) is 3.39. The smallest absolute Gasteiger partial charge is 0.270 e. The Balaban J connectivity index is 2.32. The molecule has 21 heavy (non-hydrogen) atoms. The first-order valence-electron chi connectivity index (χ1n) is 6.07. The standard InChI is InChI=1S/C14H12BrN3O3/c1-8-3-4-11(18(20)21)6-12(8)14(19)17-13-9(2)5-10(15)7-16-13/h3-7H,1-2H3,(H,16,17,19). The highest BCUT2D eigenvalue weighted by Gasteiger charge is 2.16. The molecule has 1 aromatic carbocycles. The Kier molecular flexibility index (Phi) is 4.32. The maximum absolute atomic E-state index is 12.3. The van der Waals surface area contributed by atoms with Crippen molar-refractivity contribution in [3.05, 3.63) is 61.7 Å². The molecule has 0 aliphatic carbocycles. The van der Waals surface area contributed by atoms with Crippen molar-refractivity contribution in [3.8, 4) is 0 Å². The Hall–Kier alpha value is -2.28. The van der Waals surface area contributed by atoms with Crippen LogP contribution >= 0.6 is 15.9 Å². The van der Waals surface area contributed by atoms with Crippen molar-refractivity contribution in [3.63, 3.8) is 0 Å². The number of nitro groups is 1. The van der Waals surface area contributed by atoms with Crippen LogP contribution in [0.2, 0.25) is 0 Å². The van der Waals surface area contributed by atoms with Crippen LogP contribution < -0.4 is 5.32 Å². The summed E-state index contributed by atoms with van der Waals surface area (Å²) in [5, 5.41) is 13.5. The quantitative estimate of drug-likeness (QED) is 0.677. The lowest BCUT2D eigenvalue weighted by atomic mass is 10.1. The summed E-state index contributed by atoms with van der Waals surface area (Å²) in [5.41, 5.74) is 1.59.